The van der Waals surface area contributed by atoms with Crippen molar-refractivity contribution in [2.24, 2.45) is 7.05 Å². The maximum absolute atomic E-state index is 12.8. The van der Waals surface area contributed by atoms with E-state index in [-0.39, 0.29) is 12.3 Å². The Balaban J connectivity index is 1.86. The quantitative estimate of drug-likeness (QED) is 0.516. The molecule has 29 heavy (non-hydrogen) atoms. The number of pyridine rings is 1. The number of ether oxygens (including phenoxy) is 1. The summed E-state index contributed by atoms with van der Waals surface area (Å²) in [5.41, 5.74) is 5.44. The van der Waals surface area contributed by atoms with E-state index in [2.05, 4.69) is 10.3 Å². The van der Waals surface area contributed by atoms with Gasteiger partial charge in [-0.05, 0) is 29.8 Å². The standard InChI is InChI=1S/C21H17ClN4O3/c1-25-19-9-23-17-3-2-12-6-15(17)20(19)26(21(25)28)4-5-29-10-13-7-14(12)16(22)8-18(13)24-11-27/h2-3,6-9,11H,4-5,10H2,1H3,(H,24,27). The number of anilines is 1. The minimum Gasteiger partial charge on any atom is -0.375 e. The van der Waals surface area contributed by atoms with Crippen LogP contribution in [0, 0.1) is 0 Å². The summed E-state index contributed by atoms with van der Waals surface area (Å²) >= 11 is 6.54. The Morgan fingerprint density at radius 2 is 2.14 bits per heavy atom. The van der Waals surface area contributed by atoms with Crippen LogP contribution < -0.4 is 11.0 Å². The fraction of sp³-hybridized carbons (Fsp3) is 0.190. The van der Waals surface area contributed by atoms with Crippen LogP contribution in [0.1, 0.15) is 5.56 Å². The van der Waals surface area contributed by atoms with Gasteiger partial charge in [0.15, 0.2) is 0 Å². The number of fused-ring (bicyclic) bond motifs is 4. The van der Waals surface area contributed by atoms with Crippen molar-refractivity contribution in [3.8, 4) is 11.1 Å². The van der Waals surface area contributed by atoms with Crippen molar-refractivity contribution in [2.75, 3.05) is 11.9 Å². The first kappa shape index (κ1) is 17.9. The van der Waals surface area contributed by atoms with Gasteiger partial charge in [0.05, 0.1) is 47.5 Å². The van der Waals surface area contributed by atoms with E-state index in [0.29, 0.717) is 30.3 Å². The molecule has 0 atom stereocenters. The molecule has 4 bridgehead atoms. The van der Waals surface area contributed by atoms with Crippen molar-refractivity contribution >= 4 is 45.6 Å². The Kier molecular flexibility index (Phi) is 4.15. The van der Waals surface area contributed by atoms with Crippen LogP contribution in [0.15, 0.2) is 41.3 Å². The average Bonchev–Trinajstić information content (AvgIpc) is 2.96. The third-order valence-electron chi connectivity index (χ3n) is 5.40. The lowest BCUT2D eigenvalue weighted by molar-refractivity contribution is -0.105. The molecular formula is C21H17ClN4O3. The lowest BCUT2D eigenvalue weighted by Gasteiger charge is -2.16. The molecule has 0 unspecified atom stereocenters. The molecule has 1 N–H and O–H groups in total. The van der Waals surface area contributed by atoms with Crippen LogP contribution in [0.5, 0.6) is 0 Å². The Labute approximate surface area is 170 Å². The molecule has 2 aromatic heterocycles. The zero-order valence-corrected chi connectivity index (χ0v) is 16.4. The molecule has 0 aliphatic carbocycles. The Morgan fingerprint density at radius 1 is 1.28 bits per heavy atom. The van der Waals surface area contributed by atoms with Crippen molar-refractivity contribution in [1.29, 1.82) is 0 Å². The van der Waals surface area contributed by atoms with Crippen LogP contribution in [0.4, 0.5) is 5.69 Å². The lowest BCUT2D eigenvalue weighted by Crippen LogP contribution is -2.24. The first-order valence-corrected chi connectivity index (χ1v) is 9.55. The molecule has 4 aromatic rings. The minimum atomic E-state index is -0.111. The van der Waals surface area contributed by atoms with E-state index in [4.69, 9.17) is 16.3 Å². The number of carbonyl (C=O) groups is 1. The molecular weight excluding hydrogens is 392 g/mol. The second-order valence-electron chi connectivity index (χ2n) is 7.02. The summed E-state index contributed by atoms with van der Waals surface area (Å²) in [5, 5.41) is 4.07. The minimum absolute atomic E-state index is 0.111. The molecule has 1 aliphatic rings. The first-order chi connectivity index (χ1) is 14.1. The van der Waals surface area contributed by atoms with Crippen molar-refractivity contribution in [2.45, 2.75) is 13.2 Å². The maximum Gasteiger partial charge on any atom is 0.328 e. The number of carbonyl (C=O) groups excluding carboxylic acids is 1. The lowest BCUT2D eigenvalue weighted by atomic mass is 9.99. The molecule has 2 aromatic carbocycles. The highest BCUT2D eigenvalue weighted by Crippen LogP contribution is 2.36. The molecule has 0 spiro atoms. The zero-order valence-electron chi connectivity index (χ0n) is 15.6. The molecule has 5 rings (SSSR count). The number of hydrogen-bond donors (Lipinski definition) is 1. The third kappa shape index (κ3) is 2.73. The van der Waals surface area contributed by atoms with Gasteiger partial charge in [-0.3, -0.25) is 18.9 Å². The summed E-state index contributed by atoms with van der Waals surface area (Å²) in [6.45, 7) is 1.05. The predicted octanol–water partition coefficient (Wildman–Crippen LogP) is 3.31. The van der Waals surface area contributed by atoms with Gasteiger partial charge < -0.3 is 10.1 Å². The molecule has 0 radical (unpaired) electrons. The predicted molar refractivity (Wildman–Crippen MR) is 112 cm³/mol. The van der Waals surface area contributed by atoms with Crippen molar-refractivity contribution in [3.63, 3.8) is 0 Å². The molecule has 1 amide bonds. The van der Waals surface area contributed by atoms with E-state index in [0.717, 1.165) is 38.6 Å². The van der Waals surface area contributed by atoms with E-state index in [1.807, 2.05) is 24.3 Å². The fourth-order valence-electron chi connectivity index (χ4n) is 3.95. The van der Waals surface area contributed by atoms with Crippen molar-refractivity contribution in [3.05, 3.63) is 57.6 Å². The molecule has 7 nitrogen and oxygen atoms in total. The summed E-state index contributed by atoms with van der Waals surface area (Å²) < 4.78 is 9.18. The third-order valence-corrected chi connectivity index (χ3v) is 5.72. The number of nitrogens with zero attached hydrogens (tertiary/aromatic N) is 3. The Bertz CT molecular complexity index is 1360. The molecule has 3 heterocycles. The number of amides is 1. The van der Waals surface area contributed by atoms with Crippen molar-refractivity contribution in [1.82, 2.24) is 14.1 Å². The van der Waals surface area contributed by atoms with Gasteiger partial charge in [0.1, 0.15) is 0 Å². The van der Waals surface area contributed by atoms with E-state index in [1.165, 1.54) is 0 Å². The van der Waals surface area contributed by atoms with Gasteiger partial charge in [-0.1, -0.05) is 17.7 Å². The average molecular weight is 409 g/mol. The highest BCUT2D eigenvalue weighted by molar-refractivity contribution is 6.33. The second kappa shape index (κ2) is 6.72. The fourth-order valence-corrected chi connectivity index (χ4v) is 4.22. The number of hydrogen-bond acceptors (Lipinski definition) is 4. The van der Waals surface area contributed by atoms with Gasteiger partial charge in [-0.2, -0.15) is 0 Å². The summed E-state index contributed by atoms with van der Waals surface area (Å²) in [6.07, 6.45) is 2.35. The highest BCUT2D eigenvalue weighted by atomic mass is 35.5. The topological polar surface area (TPSA) is 78.2 Å². The number of nitrogens with one attached hydrogen (secondary N) is 1. The second-order valence-corrected chi connectivity index (χ2v) is 7.43. The van der Waals surface area contributed by atoms with E-state index in [9.17, 15) is 9.59 Å². The van der Waals surface area contributed by atoms with Crippen LogP contribution in [0.25, 0.3) is 33.1 Å². The van der Waals surface area contributed by atoms with Gasteiger partial charge in [0.2, 0.25) is 6.41 Å². The van der Waals surface area contributed by atoms with E-state index < -0.39 is 0 Å². The van der Waals surface area contributed by atoms with Crippen LogP contribution in [-0.4, -0.2) is 27.1 Å². The van der Waals surface area contributed by atoms with Crippen LogP contribution in [-0.2, 0) is 29.7 Å². The molecule has 0 saturated heterocycles. The van der Waals surface area contributed by atoms with Gasteiger partial charge >= 0.3 is 5.69 Å². The summed E-state index contributed by atoms with van der Waals surface area (Å²) in [5.74, 6) is 0. The zero-order chi connectivity index (χ0) is 20.1. The van der Waals surface area contributed by atoms with Crippen molar-refractivity contribution < 1.29 is 9.53 Å². The highest BCUT2D eigenvalue weighted by Gasteiger charge is 2.18. The Morgan fingerprint density at radius 3 is 2.97 bits per heavy atom. The summed E-state index contributed by atoms with van der Waals surface area (Å²) in [4.78, 5) is 28.3. The van der Waals surface area contributed by atoms with Gasteiger partial charge in [0, 0.05) is 29.2 Å². The number of aryl methyl sites for hydroxylation is 1. The number of rotatable bonds is 2. The smallest absolute Gasteiger partial charge is 0.328 e. The molecule has 146 valence electrons. The number of aromatic nitrogens is 3. The van der Waals surface area contributed by atoms with Gasteiger partial charge in [-0.15, -0.1) is 0 Å². The maximum atomic E-state index is 12.8. The number of benzene rings is 2. The number of halogens is 1. The SMILES string of the molecule is Cn1c(=O)n2c3c4cc(ccc4ncc31)-c1cc(c(NC=O)cc1Cl)COCC2. The summed E-state index contributed by atoms with van der Waals surface area (Å²) in [7, 11) is 1.74. The van der Waals surface area contributed by atoms with Gasteiger partial charge in [0.25, 0.3) is 0 Å². The van der Waals surface area contributed by atoms with Crippen LogP contribution in [0.2, 0.25) is 5.02 Å². The largest absolute Gasteiger partial charge is 0.375 e. The normalized spacial score (nSPS) is 13.6. The number of imidazole rings is 1. The molecule has 1 aliphatic heterocycles. The monoisotopic (exact) mass is 408 g/mol. The van der Waals surface area contributed by atoms with Crippen LogP contribution >= 0.6 is 11.6 Å². The van der Waals surface area contributed by atoms with Gasteiger partial charge in [-0.25, -0.2) is 4.79 Å². The molecule has 0 saturated carbocycles. The Hall–Kier alpha value is -3.16. The van der Waals surface area contributed by atoms with Crippen LogP contribution in [0.3, 0.4) is 0 Å². The first-order valence-electron chi connectivity index (χ1n) is 9.17. The molecule has 0 fully saturated rings. The van der Waals surface area contributed by atoms with E-state index >= 15 is 0 Å². The summed E-state index contributed by atoms with van der Waals surface area (Å²) in [6, 6.07) is 9.57. The van der Waals surface area contributed by atoms with E-state index in [1.54, 1.807) is 28.4 Å². The molecule has 8 heteroatoms.